The second-order valence-corrected chi connectivity index (χ2v) is 7.55. The summed E-state index contributed by atoms with van der Waals surface area (Å²) in [5, 5.41) is 10.7. The lowest BCUT2D eigenvalue weighted by molar-refractivity contribution is 0.132. The van der Waals surface area contributed by atoms with Crippen LogP contribution in [0.4, 0.5) is 0 Å². The largest absolute Gasteiger partial charge is 0.493 e. The number of aliphatic hydroxyl groups excluding tert-OH is 1. The van der Waals surface area contributed by atoms with Gasteiger partial charge in [-0.3, -0.25) is 0 Å². The lowest BCUT2D eigenvalue weighted by atomic mass is 9.84. The first-order chi connectivity index (χ1) is 10.7. The molecule has 0 spiro atoms. The van der Waals surface area contributed by atoms with Crippen LogP contribution < -0.4 is 10.5 Å². The van der Waals surface area contributed by atoms with Gasteiger partial charge in [-0.15, -0.1) is 0 Å². The molecule has 0 aliphatic heterocycles. The van der Waals surface area contributed by atoms with Crippen LogP contribution >= 0.6 is 0 Å². The van der Waals surface area contributed by atoms with E-state index in [9.17, 15) is 5.11 Å². The smallest absolute Gasteiger partial charge is 0.125 e. The molecule has 0 amide bonds. The molecule has 0 fully saturated rings. The monoisotopic (exact) mass is 322 g/mol. The summed E-state index contributed by atoms with van der Waals surface area (Å²) < 4.78 is 5.82. The molecule has 0 aliphatic carbocycles. The molecular formula is C19H34N2O2. The Labute approximate surface area is 141 Å². The van der Waals surface area contributed by atoms with Crippen molar-refractivity contribution in [1.29, 1.82) is 0 Å². The van der Waals surface area contributed by atoms with E-state index in [0.29, 0.717) is 6.61 Å². The van der Waals surface area contributed by atoms with Gasteiger partial charge in [0.2, 0.25) is 0 Å². The van der Waals surface area contributed by atoms with Crippen LogP contribution in [0.25, 0.3) is 0 Å². The maximum absolute atomic E-state index is 10.7. The van der Waals surface area contributed by atoms with Gasteiger partial charge in [0.05, 0.1) is 12.7 Å². The van der Waals surface area contributed by atoms with Crippen molar-refractivity contribution in [2.75, 3.05) is 27.2 Å². The Morgan fingerprint density at radius 2 is 1.91 bits per heavy atom. The minimum atomic E-state index is -0.718. The van der Waals surface area contributed by atoms with Crippen LogP contribution in [0.3, 0.4) is 0 Å². The van der Waals surface area contributed by atoms with Crippen molar-refractivity contribution in [2.45, 2.75) is 58.1 Å². The van der Waals surface area contributed by atoms with Gasteiger partial charge < -0.3 is 20.5 Å². The topological polar surface area (TPSA) is 58.7 Å². The molecule has 0 heterocycles. The SMILES string of the molecule is CCCOc1ccc(C(C)(C)C)cc1C(O)C(N)CCN(C)C. The van der Waals surface area contributed by atoms with E-state index in [2.05, 4.69) is 38.7 Å². The maximum Gasteiger partial charge on any atom is 0.125 e. The molecule has 0 saturated heterocycles. The molecule has 1 rings (SSSR count). The number of nitrogens with zero attached hydrogens (tertiary/aromatic N) is 1. The Kier molecular flexibility index (Phi) is 7.52. The first-order valence-electron chi connectivity index (χ1n) is 8.52. The van der Waals surface area contributed by atoms with Crippen LogP contribution in [-0.4, -0.2) is 43.3 Å². The van der Waals surface area contributed by atoms with E-state index in [1.54, 1.807) is 0 Å². The normalized spacial score (nSPS) is 14.8. The van der Waals surface area contributed by atoms with Crippen LogP contribution in [0.5, 0.6) is 5.75 Å². The number of nitrogens with two attached hydrogens (primary N) is 1. The fourth-order valence-electron chi connectivity index (χ4n) is 2.39. The number of rotatable bonds is 8. The van der Waals surface area contributed by atoms with E-state index in [1.807, 2.05) is 26.2 Å². The number of aliphatic hydroxyl groups is 1. The maximum atomic E-state index is 10.7. The molecule has 1 aromatic rings. The van der Waals surface area contributed by atoms with Crippen molar-refractivity contribution < 1.29 is 9.84 Å². The first kappa shape index (κ1) is 19.9. The zero-order valence-corrected chi connectivity index (χ0v) is 15.6. The summed E-state index contributed by atoms with van der Waals surface area (Å²) in [5.41, 5.74) is 8.22. The van der Waals surface area contributed by atoms with E-state index in [4.69, 9.17) is 10.5 Å². The summed E-state index contributed by atoms with van der Waals surface area (Å²) in [6.45, 7) is 10.1. The molecule has 3 N–H and O–H groups in total. The Hall–Kier alpha value is -1.10. The van der Waals surface area contributed by atoms with Crippen molar-refractivity contribution >= 4 is 0 Å². The van der Waals surface area contributed by atoms with Gasteiger partial charge in [0, 0.05) is 11.6 Å². The molecule has 1 aromatic carbocycles. The van der Waals surface area contributed by atoms with Crippen LogP contribution in [0.2, 0.25) is 0 Å². The van der Waals surface area contributed by atoms with Crippen molar-refractivity contribution in [2.24, 2.45) is 5.73 Å². The molecule has 0 aromatic heterocycles. The Morgan fingerprint density at radius 3 is 2.43 bits per heavy atom. The number of benzene rings is 1. The molecule has 2 unspecified atom stereocenters. The predicted octanol–water partition coefficient (Wildman–Crippen LogP) is 3.09. The molecule has 0 bridgehead atoms. The van der Waals surface area contributed by atoms with Gasteiger partial charge >= 0.3 is 0 Å². The molecule has 4 heteroatoms. The third-order valence-electron chi connectivity index (χ3n) is 3.97. The summed E-state index contributed by atoms with van der Waals surface area (Å²) in [6, 6.07) is 5.78. The average molecular weight is 322 g/mol. The van der Waals surface area contributed by atoms with Crippen LogP contribution in [0, 0.1) is 0 Å². The fourth-order valence-corrected chi connectivity index (χ4v) is 2.39. The molecule has 132 valence electrons. The molecule has 0 saturated carbocycles. The van der Waals surface area contributed by atoms with Gasteiger partial charge in [0.25, 0.3) is 0 Å². The third-order valence-corrected chi connectivity index (χ3v) is 3.97. The number of ether oxygens (including phenoxy) is 1. The van der Waals surface area contributed by atoms with Crippen molar-refractivity contribution in [1.82, 2.24) is 4.90 Å². The average Bonchev–Trinajstić information content (AvgIpc) is 2.48. The van der Waals surface area contributed by atoms with Gasteiger partial charge in [0.1, 0.15) is 5.75 Å². The highest BCUT2D eigenvalue weighted by atomic mass is 16.5. The molecule has 4 nitrogen and oxygen atoms in total. The predicted molar refractivity (Wildman–Crippen MR) is 97.0 cm³/mol. The van der Waals surface area contributed by atoms with E-state index < -0.39 is 6.10 Å². The zero-order valence-electron chi connectivity index (χ0n) is 15.6. The van der Waals surface area contributed by atoms with Crippen LogP contribution in [0.1, 0.15) is 57.8 Å². The molecular weight excluding hydrogens is 288 g/mol. The van der Waals surface area contributed by atoms with Gasteiger partial charge in [-0.2, -0.15) is 0 Å². The van der Waals surface area contributed by atoms with Crippen molar-refractivity contribution in [3.63, 3.8) is 0 Å². The fraction of sp³-hybridized carbons (Fsp3) is 0.684. The highest BCUT2D eigenvalue weighted by Crippen LogP contribution is 2.33. The number of hydrogen-bond donors (Lipinski definition) is 2. The van der Waals surface area contributed by atoms with Crippen LogP contribution in [-0.2, 0) is 5.41 Å². The molecule has 0 radical (unpaired) electrons. The van der Waals surface area contributed by atoms with Gasteiger partial charge in [-0.05, 0) is 56.6 Å². The summed E-state index contributed by atoms with van der Waals surface area (Å²) in [6.07, 6.45) is 0.953. The van der Waals surface area contributed by atoms with E-state index in [1.165, 1.54) is 5.56 Å². The van der Waals surface area contributed by atoms with Gasteiger partial charge in [-0.1, -0.05) is 33.8 Å². The third kappa shape index (κ3) is 6.13. The van der Waals surface area contributed by atoms with Crippen molar-refractivity contribution in [3.05, 3.63) is 29.3 Å². The van der Waals surface area contributed by atoms with E-state index >= 15 is 0 Å². The molecule has 0 aliphatic rings. The minimum absolute atomic E-state index is 0.0193. The molecule has 23 heavy (non-hydrogen) atoms. The second kappa shape index (κ2) is 8.67. The van der Waals surface area contributed by atoms with Crippen LogP contribution in [0.15, 0.2) is 18.2 Å². The lowest BCUT2D eigenvalue weighted by Gasteiger charge is -2.26. The highest BCUT2D eigenvalue weighted by molar-refractivity contribution is 5.41. The zero-order chi connectivity index (χ0) is 17.6. The Morgan fingerprint density at radius 1 is 1.26 bits per heavy atom. The minimum Gasteiger partial charge on any atom is -0.493 e. The second-order valence-electron chi connectivity index (χ2n) is 7.55. The van der Waals surface area contributed by atoms with Crippen molar-refractivity contribution in [3.8, 4) is 5.75 Å². The highest BCUT2D eigenvalue weighted by Gasteiger charge is 2.24. The lowest BCUT2D eigenvalue weighted by Crippen LogP contribution is -2.32. The summed E-state index contributed by atoms with van der Waals surface area (Å²) in [5.74, 6) is 0.743. The summed E-state index contributed by atoms with van der Waals surface area (Å²) in [4.78, 5) is 2.08. The first-order valence-corrected chi connectivity index (χ1v) is 8.52. The molecule has 2 atom stereocenters. The summed E-state index contributed by atoms with van der Waals surface area (Å²) in [7, 11) is 4.02. The summed E-state index contributed by atoms with van der Waals surface area (Å²) >= 11 is 0. The van der Waals surface area contributed by atoms with E-state index in [0.717, 1.165) is 30.7 Å². The van der Waals surface area contributed by atoms with E-state index in [-0.39, 0.29) is 11.5 Å². The number of hydrogen-bond acceptors (Lipinski definition) is 4. The Balaban J connectivity index is 3.06. The Bertz CT molecular complexity index is 481. The van der Waals surface area contributed by atoms with Gasteiger partial charge in [0.15, 0.2) is 0 Å². The van der Waals surface area contributed by atoms with Gasteiger partial charge in [-0.25, -0.2) is 0 Å². The standard InChI is InChI=1S/C19H34N2O2/c1-7-12-23-17-9-8-14(19(2,3)4)13-15(17)18(22)16(20)10-11-21(5)6/h8-9,13,16,18,22H,7,10-12,20H2,1-6H3. The quantitative estimate of drug-likeness (QED) is 0.772.